The highest BCUT2D eigenvalue weighted by Crippen LogP contribution is 2.22. The number of nitrogens with zero attached hydrogens (tertiary/aromatic N) is 1. The molecule has 2 aromatic carbocycles. The molecule has 3 rings (SSSR count). The van der Waals surface area contributed by atoms with Gasteiger partial charge in [0.2, 0.25) is 10.0 Å². The molecule has 0 saturated carbocycles. The number of amides is 1. The number of halogens is 2. The van der Waals surface area contributed by atoms with Crippen molar-refractivity contribution in [1.82, 2.24) is 4.72 Å². The maximum Gasteiger partial charge on any atom is 0.414 e. The van der Waals surface area contributed by atoms with E-state index in [2.05, 4.69) is 4.72 Å². The van der Waals surface area contributed by atoms with Crippen LogP contribution in [0.25, 0.3) is 0 Å². The monoisotopic (exact) mass is 368 g/mol. The van der Waals surface area contributed by atoms with Crippen molar-refractivity contribution < 1.29 is 26.7 Å². The molecule has 0 aromatic heterocycles. The molecule has 1 fully saturated rings. The summed E-state index contributed by atoms with van der Waals surface area (Å²) in [7, 11) is -3.85. The topological polar surface area (TPSA) is 75.7 Å². The Morgan fingerprint density at radius 2 is 1.60 bits per heavy atom. The molecule has 1 amide bonds. The van der Waals surface area contributed by atoms with E-state index in [9.17, 15) is 22.0 Å². The Labute approximate surface area is 143 Å². The van der Waals surface area contributed by atoms with Crippen LogP contribution in [0.3, 0.4) is 0 Å². The van der Waals surface area contributed by atoms with Crippen LogP contribution in [-0.2, 0) is 14.8 Å². The minimum Gasteiger partial charge on any atom is -0.443 e. The third kappa shape index (κ3) is 3.94. The van der Waals surface area contributed by atoms with Crippen LogP contribution in [0, 0.1) is 11.6 Å². The summed E-state index contributed by atoms with van der Waals surface area (Å²) < 4.78 is 57.5. The van der Waals surface area contributed by atoms with E-state index < -0.39 is 33.9 Å². The lowest BCUT2D eigenvalue weighted by atomic mass is 10.2. The van der Waals surface area contributed by atoms with E-state index in [0.29, 0.717) is 5.69 Å². The van der Waals surface area contributed by atoms with Crippen molar-refractivity contribution in [1.29, 1.82) is 0 Å². The zero-order valence-electron chi connectivity index (χ0n) is 12.9. The zero-order valence-corrected chi connectivity index (χ0v) is 13.7. The minimum atomic E-state index is -3.85. The van der Waals surface area contributed by atoms with Crippen LogP contribution in [-0.4, -0.2) is 33.7 Å². The van der Waals surface area contributed by atoms with E-state index in [0.717, 1.165) is 24.3 Å². The summed E-state index contributed by atoms with van der Waals surface area (Å²) >= 11 is 0. The van der Waals surface area contributed by atoms with Gasteiger partial charge in [-0.25, -0.2) is 26.7 Å². The van der Waals surface area contributed by atoms with E-state index in [1.807, 2.05) is 0 Å². The van der Waals surface area contributed by atoms with Crippen molar-refractivity contribution in [3.8, 4) is 0 Å². The number of carbonyl (C=O) groups excluding carboxylic acids is 1. The van der Waals surface area contributed by atoms with E-state index in [1.165, 1.54) is 29.2 Å². The summed E-state index contributed by atoms with van der Waals surface area (Å²) in [6.45, 7) is -0.0143. The molecule has 1 saturated heterocycles. The van der Waals surface area contributed by atoms with Gasteiger partial charge in [-0.15, -0.1) is 0 Å². The smallest absolute Gasteiger partial charge is 0.414 e. The van der Waals surface area contributed by atoms with E-state index in [1.54, 1.807) is 0 Å². The van der Waals surface area contributed by atoms with Crippen molar-refractivity contribution in [2.45, 2.75) is 11.0 Å². The Bertz CT molecular complexity index is 870. The number of ether oxygens (including phenoxy) is 1. The first-order valence-electron chi connectivity index (χ1n) is 7.34. The number of anilines is 1. The molecular weight excluding hydrogens is 354 g/mol. The van der Waals surface area contributed by atoms with Gasteiger partial charge in [0.15, 0.2) is 0 Å². The fourth-order valence-corrected chi connectivity index (χ4v) is 3.43. The van der Waals surface area contributed by atoms with E-state index in [-0.39, 0.29) is 18.0 Å². The second-order valence-electron chi connectivity index (χ2n) is 5.40. The number of sulfonamides is 1. The molecule has 0 spiro atoms. The van der Waals surface area contributed by atoms with Crippen molar-refractivity contribution >= 4 is 21.8 Å². The predicted molar refractivity (Wildman–Crippen MR) is 85.6 cm³/mol. The number of carbonyl (C=O) groups is 1. The molecule has 1 aliphatic rings. The number of cyclic esters (lactones) is 1. The standard InChI is InChI=1S/C16H14F2N2O4S/c17-11-1-5-13(6-2-11)20-10-14(24-16(20)21)9-19-25(22,23)15-7-3-12(18)4-8-15/h1-8,14,19H,9-10H2. The van der Waals surface area contributed by atoms with Gasteiger partial charge >= 0.3 is 6.09 Å². The summed E-state index contributed by atoms with van der Waals surface area (Å²) in [6.07, 6.45) is -1.34. The van der Waals surface area contributed by atoms with Gasteiger partial charge in [-0.05, 0) is 48.5 Å². The second-order valence-corrected chi connectivity index (χ2v) is 7.17. The Morgan fingerprint density at radius 3 is 2.20 bits per heavy atom. The number of rotatable bonds is 5. The molecule has 1 N–H and O–H groups in total. The molecule has 0 aliphatic carbocycles. The highest BCUT2D eigenvalue weighted by Gasteiger charge is 2.33. The number of hydrogen-bond acceptors (Lipinski definition) is 4. The van der Waals surface area contributed by atoms with Crippen LogP contribution in [0.15, 0.2) is 53.4 Å². The van der Waals surface area contributed by atoms with E-state index >= 15 is 0 Å². The van der Waals surface area contributed by atoms with Gasteiger partial charge in [-0.1, -0.05) is 0 Å². The molecule has 1 heterocycles. The molecule has 0 bridgehead atoms. The summed E-state index contributed by atoms with van der Waals surface area (Å²) in [5, 5.41) is 0. The van der Waals surface area contributed by atoms with Crippen LogP contribution in [0.1, 0.15) is 0 Å². The van der Waals surface area contributed by atoms with Crippen LogP contribution in [0.4, 0.5) is 19.3 Å². The fraction of sp³-hybridized carbons (Fsp3) is 0.188. The number of nitrogens with one attached hydrogen (secondary N) is 1. The van der Waals surface area contributed by atoms with E-state index in [4.69, 9.17) is 4.74 Å². The molecule has 6 nitrogen and oxygen atoms in total. The van der Waals surface area contributed by atoms with Gasteiger partial charge < -0.3 is 4.74 Å². The Kier molecular flexibility index (Phi) is 4.69. The highest BCUT2D eigenvalue weighted by atomic mass is 32.2. The Balaban J connectivity index is 1.63. The average molecular weight is 368 g/mol. The molecular formula is C16H14F2N2O4S. The predicted octanol–water partition coefficient (Wildman–Crippen LogP) is 2.27. The molecule has 1 unspecified atom stereocenters. The lowest BCUT2D eigenvalue weighted by Gasteiger charge is -2.13. The van der Waals surface area contributed by atoms with Crippen molar-refractivity contribution in [2.75, 3.05) is 18.0 Å². The number of hydrogen-bond donors (Lipinski definition) is 1. The van der Waals surface area contributed by atoms with Gasteiger partial charge in [0.05, 0.1) is 11.4 Å². The quantitative estimate of drug-likeness (QED) is 0.879. The fourth-order valence-electron chi connectivity index (χ4n) is 2.36. The molecule has 25 heavy (non-hydrogen) atoms. The first-order valence-corrected chi connectivity index (χ1v) is 8.82. The third-order valence-corrected chi connectivity index (χ3v) is 5.08. The SMILES string of the molecule is O=C1OC(CNS(=O)(=O)c2ccc(F)cc2)CN1c1ccc(F)cc1. The van der Waals surface area contributed by atoms with Crippen LogP contribution >= 0.6 is 0 Å². The van der Waals surface area contributed by atoms with Gasteiger partial charge in [0.25, 0.3) is 0 Å². The molecule has 1 aliphatic heterocycles. The largest absolute Gasteiger partial charge is 0.443 e. The summed E-state index contributed by atoms with van der Waals surface area (Å²) in [6, 6.07) is 9.66. The first kappa shape index (κ1) is 17.3. The average Bonchev–Trinajstić information content (AvgIpc) is 2.95. The maximum atomic E-state index is 13.0. The van der Waals surface area contributed by atoms with Gasteiger partial charge in [-0.2, -0.15) is 0 Å². The van der Waals surface area contributed by atoms with Crippen molar-refractivity contribution in [3.63, 3.8) is 0 Å². The number of benzene rings is 2. The second kappa shape index (κ2) is 6.77. The van der Waals surface area contributed by atoms with Crippen LogP contribution in [0.5, 0.6) is 0 Å². The van der Waals surface area contributed by atoms with Crippen molar-refractivity contribution in [3.05, 3.63) is 60.2 Å². The first-order chi connectivity index (χ1) is 11.8. The highest BCUT2D eigenvalue weighted by molar-refractivity contribution is 7.89. The lowest BCUT2D eigenvalue weighted by Crippen LogP contribution is -2.34. The van der Waals surface area contributed by atoms with Crippen LogP contribution < -0.4 is 9.62 Å². The molecule has 1 atom stereocenters. The summed E-state index contributed by atoms with van der Waals surface area (Å²) in [5.74, 6) is -0.974. The molecule has 2 aromatic rings. The summed E-state index contributed by atoms with van der Waals surface area (Å²) in [4.78, 5) is 13.1. The lowest BCUT2D eigenvalue weighted by molar-refractivity contribution is 0.143. The Hall–Kier alpha value is -2.52. The molecule has 9 heteroatoms. The summed E-state index contributed by atoms with van der Waals surface area (Å²) in [5.41, 5.74) is 0.454. The van der Waals surface area contributed by atoms with Gasteiger partial charge in [0.1, 0.15) is 17.7 Å². The van der Waals surface area contributed by atoms with Crippen molar-refractivity contribution in [2.24, 2.45) is 0 Å². The molecule has 0 radical (unpaired) electrons. The van der Waals surface area contributed by atoms with Gasteiger partial charge in [0, 0.05) is 12.2 Å². The normalized spacial score (nSPS) is 17.6. The minimum absolute atomic E-state index is 0.0892. The third-order valence-electron chi connectivity index (χ3n) is 3.64. The maximum absolute atomic E-state index is 13.0. The van der Waals surface area contributed by atoms with Gasteiger partial charge in [-0.3, -0.25) is 4.90 Å². The Morgan fingerprint density at radius 1 is 1.04 bits per heavy atom. The zero-order chi connectivity index (χ0) is 18.0. The molecule has 132 valence electrons. The van der Waals surface area contributed by atoms with Crippen LogP contribution in [0.2, 0.25) is 0 Å².